The molecule has 2 aromatic carbocycles. The van der Waals surface area contributed by atoms with Gasteiger partial charge in [0.05, 0.1) is 10.6 Å². The fourth-order valence-corrected chi connectivity index (χ4v) is 3.40. The summed E-state index contributed by atoms with van der Waals surface area (Å²) in [6.45, 7) is 5.31. The molecule has 2 aromatic rings. The van der Waals surface area contributed by atoms with Gasteiger partial charge < -0.3 is 5.11 Å². The summed E-state index contributed by atoms with van der Waals surface area (Å²) in [6.07, 6.45) is 0. The zero-order valence-electron chi connectivity index (χ0n) is 11.6. The summed E-state index contributed by atoms with van der Waals surface area (Å²) < 4.78 is 27.2. The molecule has 0 aliphatic carbocycles. The zero-order chi connectivity index (χ0) is 14.9. The molecule has 106 valence electrons. The number of anilines is 1. The lowest BCUT2D eigenvalue weighted by molar-refractivity contribution is 0.473. The standard InChI is InChI=1S/C15H17NO3S/c1-10-8-12(3)15(17)13(9-10)16-20(18,19)14-7-5-4-6-11(14)2/h4-9,16-17H,1-3H3. The van der Waals surface area contributed by atoms with Gasteiger partial charge in [-0.05, 0) is 49.6 Å². The summed E-state index contributed by atoms with van der Waals surface area (Å²) in [6, 6.07) is 10.1. The van der Waals surface area contributed by atoms with E-state index in [2.05, 4.69) is 4.72 Å². The lowest BCUT2D eigenvalue weighted by Gasteiger charge is -2.13. The molecule has 0 aromatic heterocycles. The maximum Gasteiger partial charge on any atom is 0.262 e. The Morgan fingerprint density at radius 3 is 2.30 bits per heavy atom. The highest BCUT2D eigenvalue weighted by Crippen LogP contribution is 2.31. The first-order valence-electron chi connectivity index (χ1n) is 6.20. The van der Waals surface area contributed by atoms with Crippen LogP contribution in [-0.2, 0) is 10.0 Å². The van der Waals surface area contributed by atoms with E-state index in [0.717, 1.165) is 5.56 Å². The second kappa shape index (κ2) is 5.17. The van der Waals surface area contributed by atoms with E-state index in [1.165, 1.54) is 6.07 Å². The Hall–Kier alpha value is -2.01. The van der Waals surface area contributed by atoms with Gasteiger partial charge in [-0.1, -0.05) is 24.3 Å². The molecular weight excluding hydrogens is 274 g/mol. The van der Waals surface area contributed by atoms with Crippen LogP contribution in [0.25, 0.3) is 0 Å². The van der Waals surface area contributed by atoms with E-state index in [9.17, 15) is 13.5 Å². The van der Waals surface area contributed by atoms with E-state index >= 15 is 0 Å². The second-order valence-electron chi connectivity index (χ2n) is 4.85. The molecule has 0 radical (unpaired) electrons. The minimum atomic E-state index is -3.71. The Bertz CT molecular complexity index is 752. The van der Waals surface area contributed by atoms with E-state index in [4.69, 9.17) is 0 Å². The van der Waals surface area contributed by atoms with Crippen LogP contribution in [0.3, 0.4) is 0 Å². The van der Waals surface area contributed by atoms with Gasteiger partial charge in [-0.15, -0.1) is 0 Å². The number of rotatable bonds is 3. The Balaban J connectivity index is 2.47. The highest BCUT2D eigenvalue weighted by atomic mass is 32.2. The summed E-state index contributed by atoms with van der Waals surface area (Å²) in [7, 11) is -3.71. The van der Waals surface area contributed by atoms with Crippen molar-refractivity contribution in [1.82, 2.24) is 0 Å². The minimum absolute atomic E-state index is 0.0484. The first kappa shape index (κ1) is 14.4. The van der Waals surface area contributed by atoms with Gasteiger partial charge in [-0.3, -0.25) is 4.72 Å². The summed E-state index contributed by atoms with van der Waals surface area (Å²) in [4.78, 5) is 0.207. The highest BCUT2D eigenvalue weighted by Gasteiger charge is 2.18. The van der Waals surface area contributed by atoms with Crippen LogP contribution in [0.15, 0.2) is 41.3 Å². The number of hydrogen-bond acceptors (Lipinski definition) is 3. The number of phenolic OH excluding ortho intramolecular Hbond substituents is 1. The monoisotopic (exact) mass is 291 g/mol. The molecule has 0 atom stereocenters. The number of hydrogen-bond donors (Lipinski definition) is 2. The molecule has 0 aliphatic heterocycles. The van der Waals surface area contributed by atoms with E-state index in [-0.39, 0.29) is 16.3 Å². The molecule has 0 saturated carbocycles. The molecule has 2 N–H and O–H groups in total. The first-order valence-corrected chi connectivity index (χ1v) is 7.68. The Morgan fingerprint density at radius 2 is 1.65 bits per heavy atom. The van der Waals surface area contributed by atoms with Crippen molar-refractivity contribution in [2.24, 2.45) is 0 Å². The minimum Gasteiger partial charge on any atom is -0.505 e. The van der Waals surface area contributed by atoms with Crippen molar-refractivity contribution in [3.05, 3.63) is 53.1 Å². The molecule has 0 bridgehead atoms. The number of aryl methyl sites for hydroxylation is 3. The van der Waals surface area contributed by atoms with E-state index < -0.39 is 10.0 Å². The predicted octanol–water partition coefficient (Wildman–Crippen LogP) is 3.12. The van der Waals surface area contributed by atoms with Crippen molar-refractivity contribution in [1.29, 1.82) is 0 Å². The van der Waals surface area contributed by atoms with Crippen LogP contribution in [0.4, 0.5) is 5.69 Å². The number of nitrogens with one attached hydrogen (secondary N) is 1. The van der Waals surface area contributed by atoms with Gasteiger partial charge in [0.1, 0.15) is 5.75 Å². The van der Waals surface area contributed by atoms with Gasteiger partial charge in [0.15, 0.2) is 0 Å². The third-order valence-corrected chi connectivity index (χ3v) is 4.60. The lowest BCUT2D eigenvalue weighted by atomic mass is 10.1. The van der Waals surface area contributed by atoms with Crippen LogP contribution in [0.2, 0.25) is 0 Å². The van der Waals surface area contributed by atoms with Crippen molar-refractivity contribution < 1.29 is 13.5 Å². The van der Waals surface area contributed by atoms with E-state index in [1.54, 1.807) is 44.2 Å². The fourth-order valence-electron chi connectivity index (χ4n) is 2.10. The molecule has 2 rings (SSSR count). The highest BCUT2D eigenvalue weighted by molar-refractivity contribution is 7.92. The van der Waals surface area contributed by atoms with E-state index in [1.807, 2.05) is 6.92 Å². The van der Waals surface area contributed by atoms with Crippen LogP contribution in [-0.4, -0.2) is 13.5 Å². The van der Waals surface area contributed by atoms with Crippen LogP contribution in [0.1, 0.15) is 16.7 Å². The van der Waals surface area contributed by atoms with Gasteiger partial charge in [-0.25, -0.2) is 8.42 Å². The molecule has 5 heteroatoms. The van der Waals surface area contributed by atoms with Crippen LogP contribution in [0, 0.1) is 20.8 Å². The van der Waals surface area contributed by atoms with Crippen LogP contribution < -0.4 is 4.72 Å². The van der Waals surface area contributed by atoms with Crippen molar-refractivity contribution in [2.45, 2.75) is 25.7 Å². The van der Waals surface area contributed by atoms with Crippen molar-refractivity contribution in [3.8, 4) is 5.75 Å². The lowest BCUT2D eigenvalue weighted by Crippen LogP contribution is -2.14. The summed E-state index contributed by atoms with van der Waals surface area (Å²) in [5.41, 5.74) is 2.37. The van der Waals surface area contributed by atoms with Gasteiger partial charge in [0, 0.05) is 0 Å². The van der Waals surface area contributed by atoms with E-state index in [0.29, 0.717) is 11.1 Å². The molecule has 4 nitrogen and oxygen atoms in total. The maximum atomic E-state index is 12.4. The molecular formula is C15H17NO3S. The van der Waals surface area contributed by atoms with Gasteiger partial charge in [-0.2, -0.15) is 0 Å². The SMILES string of the molecule is Cc1cc(C)c(O)c(NS(=O)(=O)c2ccccc2C)c1. The average Bonchev–Trinajstić information content (AvgIpc) is 2.35. The number of sulfonamides is 1. The van der Waals surface area contributed by atoms with Crippen molar-refractivity contribution in [3.63, 3.8) is 0 Å². The Kier molecular flexibility index (Phi) is 3.72. The van der Waals surface area contributed by atoms with Gasteiger partial charge >= 0.3 is 0 Å². The van der Waals surface area contributed by atoms with Crippen LogP contribution >= 0.6 is 0 Å². The molecule has 0 fully saturated rings. The summed E-state index contributed by atoms with van der Waals surface area (Å²) >= 11 is 0. The van der Waals surface area contributed by atoms with Crippen LogP contribution in [0.5, 0.6) is 5.75 Å². The molecule has 0 heterocycles. The summed E-state index contributed by atoms with van der Waals surface area (Å²) in [5.74, 6) is -0.0484. The Morgan fingerprint density at radius 1 is 1.00 bits per heavy atom. The molecule has 0 amide bonds. The zero-order valence-corrected chi connectivity index (χ0v) is 12.5. The molecule has 0 aliphatic rings. The quantitative estimate of drug-likeness (QED) is 0.854. The third-order valence-electron chi connectivity index (χ3n) is 3.07. The molecule has 0 spiro atoms. The number of phenols is 1. The van der Waals surface area contributed by atoms with Gasteiger partial charge in [0.2, 0.25) is 0 Å². The van der Waals surface area contributed by atoms with Crippen molar-refractivity contribution >= 4 is 15.7 Å². The normalized spacial score (nSPS) is 11.3. The topological polar surface area (TPSA) is 66.4 Å². The first-order chi connectivity index (χ1) is 9.31. The Labute approximate surface area is 119 Å². The number of benzene rings is 2. The average molecular weight is 291 g/mol. The predicted molar refractivity (Wildman–Crippen MR) is 79.6 cm³/mol. The molecule has 0 unspecified atom stereocenters. The fraction of sp³-hybridized carbons (Fsp3) is 0.200. The van der Waals surface area contributed by atoms with Gasteiger partial charge in [0.25, 0.3) is 10.0 Å². The third kappa shape index (κ3) is 2.77. The maximum absolute atomic E-state index is 12.4. The number of aromatic hydroxyl groups is 1. The van der Waals surface area contributed by atoms with Crippen molar-refractivity contribution in [2.75, 3.05) is 4.72 Å². The largest absolute Gasteiger partial charge is 0.505 e. The molecule has 0 saturated heterocycles. The molecule has 20 heavy (non-hydrogen) atoms. The second-order valence-corrected chi connectivity index (χ2v) is 6.50. The smallest absolute Gasteiger partial charge is 0.262 e. The summed E-state index contributed by atoms with van der Waals surface area (Å²) in [5, 5.41) is 9.97.